The van der Waals surface area contributed by atoms with Crippen LogP contribution in [0.25, 0.3) is 10.8 Å². The Labute approximate surface area is 254 Å². The number of nitrogens with one attached hydrogen (secondary N) is 1. The summed E-state index contributed by atoms with van der Waals surface area (Å²) in [7, 11) is -3.72. The number of rotatable bonds is 10. The molecule has 2 amide bonds. The van der Waals surface area contributed by atoms with Crippen LogP contribution in [0.1, 0.15) is 50.3 Å². The third kappa shape index (κ3) is 6.75. The van der Waals surface area contributed by atoms with E-state index in [1.54, 1.807) is 17.0 Å². The van der Waals surface area contributed by atoms with Crippen LogP contribution in [0.4, 0.5) is 5.69 Å². The molecule has 0 bridgehead atoms. The van der Waals surface area contributed by atoms with E-state index in [9.17, 15) is 18.0 Å². The van der Waals surface area contributed by atoms with E-state index in [-0.39, 0.29) is 31.3 Å². The van der Waals surface area contributed by atoms with E-state index in [1.165, 1.54) is 4.31 Å². The molecule has 0 aromatic heterocycles. The van der Waals surface area contributed by atoms with Crippen LogP contribution in [0, 0.1) is 6.92 Å². The smallest absolute Gasteiger partial charge is 0.265 e. The Morgan fingerprint density at radius 2 is 1.56 bits per heavy atom. The van der Waals surface area contributed by atoms with Crippen molar-refractivity contribution in [3.8, 4) is 0 Å². The van der Waals surface area contributed by atoms with Crippen molar-refractivity contribution >= 4 is 38.3 Å². The van der Waals surface area contributed by atoms with Gasteiger partial charge in [0, 0.05) is 36.9 Å². The van der Waals surface area contributed by atoms with Gasteiger partial charge < -0.3 is 10.2 Å². The van der Waals surface area contributed by atoms with E-state index in [2.05, 4.69) is 5.32 Å². The van der Waals surface area contributed by atoms with Crippen LogP contribution in [0.3, 0.4) is 0 Å². The minimum absolute atomic E-state index is 0.0955. The van der Waals surface area contributed by atoms with Gasteiger partial charge in [-0.25, -0.2) is 8.42 Å². The van der Waals surface area contributed by atoms with Crippen molar-refractivity contribution in [2.75, 3.05) is 10.8 Å². The van der Waals surface area contributed by atoms with Crippen LogP contribution < -0.4 is 9.62 Å². The predicted octanol–water partition coefficient (Wildman–Crippen LogP) is 5.99. The third-order valence-corrected chi connectivity index (χ3v) is 9.49. The maximum atomic E-state index is 14.1. The number of hydrogen-bond donors (Lipinski definition) is 1. The molecule has 4 aromatic carbocycles. The number of hydrogen-bond acceptors (Lipinski definition) is 4. The Bertz CT molecular complexity index is 1740. The molecule has 1 aliphatic rings. The number of benzene rings is 4. The molecule has 0 unspecified atom stereocenters. The van der Waals surface area contributed by atoms with E-state index in [0.29, 0.717) is 23.4 Å². The van der Waals surface area contributed by atoms with Crippen LogP contribution in [0.2, 0.25) is 0 Å². The summed E-state index contributed by atoms with van der Waals surface area (Å²) in [6.45, 7) is 8.20. The number of nitrogens with zero attached hydrogens (tertiary/aromatic N) is 2. The Balaban J connectivity index is 1.41. The highest BCUT2D eigenvalue weighted by atomic mass is 32.2. The zero-order chi connectivity index (χ0) is 30.8. The molecule has 224 valence electrons. The molecule has 1 heterocycles. The highest BCUT2D eigenvalue weighted by Crippen LogP contribution is 2.42. The molecule has 7 nitrogen and oxygen atoms in total. The van der Waals surface area contributed by atoms with E-state index < -0.39 is 21.6 Å². The van der Waals surface area contributed by atoms with Crippen molar-refractivity contribution in [1.29, 1.82) is 0 Å². The van der Waals surface area contributed by atoms with Gasteiger partial charge in [-0.15, -0.1) is 0 Å². The molecule has 8 heteroatoms. The molecular formula is C35H39N3O4S. The number of anilines is 1. The second-order valence-corrected chi connectivity index (χ2v) is 14.1. The first-order valence-corrected chi connectivity index (χ1v) is 16.1. The summed E-state index contributed by atoms with van der Waals surface area (Å²) in [6.07, 6.45) is 0.766. The first-order valence-electron chi connectivity index (χ1n) is 14.7. The molecule has 4 aromatic rings. The molecule has 0 saturated heterocycles. The second-order valence-electron chi connectivity index (χ2n) is 12.3. The van der Waals surface area contributed by atoms with Gasteiger partial charge >= 0.3 is 0 Å². The van der Waals surface area contributed by atoms with E-state index in [4.69, 9.17) is 0 Å². The summed E-state index contributed by atoms with van der Waals surface area (Å²) in [5.41, 5.74) is 3.11. The fraction of sp³-hybridized carbons (Fsp3) is 0.314. The van der Waals surface area contributed by atoms with Gasteiger partial charge in [0.05, 0.1) is 10.6 Å². The van der Waals surface area contributed by atoms with Crippen LogP contribution in [-0.4, -0.2) is 43.3 Å². The van der Waals surface area contributed by atoms with Crippen molar-refractivity contribution in [3.05, 3.63) is 108 Å². The largest absolute Gasteiger partial charge is 0.350 e. The fourth-order valence-electron chi connectivity index (χ4n) is 5.73. The predicted molar refractivity (Wildman–Crippen MR) is 171 cm³/mol. The third-order valence-electron chi connectivity index (χ3n) is 7.64. The Hall–Kier alpha value is -4.17. The number of carbonyl (C=O) groups excluding carboxylic acids is 2. The summed E-state index contributed by atoms with van der Waals surface area (Å²) in [6, 6.07) is 27.8. The van der Waals surface area contributed by atoms with Crippen LogP contribution in [0.5, 0.6) is 0 Å². The molecule has 0 radical (unpaired) electrons. The minimum Gasteiger partial charge on any atom is -0.350 e. The summed E-state index contributed by atoms with van der Waals surface area (Å²) < 4.78 is 28.3. The van der Waals surface area contributed by atoms with E-state index in [1.807, 2.05) is 107 Å². The lowest BCUT2D eigenvalue weighted by atomic mass is 10.00. The number of sulfonamides is 1. The zero-order valence-electron chi connectivity index (χ0n) is 25.2. The molecule has 0 saturated carbocycles. The first-order chi connectivity index (χ1) is 20.4. The van der Waals surface area contributed by atoms with Gasteiger partial charge in [-0.3, -0.25) is 13.9 Å². The maximum Gasteiger partial charge on any atom is 0.265 e. The minimum atomic E-state index is -3.72. The van der Waals surface area contributed by atoms with Crippen LogP contribution in [0.15, 0.2) is 95.9 Å². The molecule has 1 atom stereocenters. The summed E-state index contributed by atoms with van der Waals surface area (Å²) in [5.74, 6) is -0.416. The average Bonchev–Trinajstić information content (AvgIpc) is 3.17. The summed E-state index contributed by atoms with van der Waals surface area (Å²) in [5, 5.41) is 4.68. The Kier molecular flexibility index (Phi) is 8.60. The molecule has 43 heavy (non-hydrogen) atoms. The topological polar surface area (TPSA) is 86.8 Å². The Morgan fingerprint density at radius 1 is 0.884 bits per heavy atom. The molecule has 0 spiro atoms. The number of amides is 2. The van der Waals surface area contributed by atoms with Gasteiger partial charge in [0.1, 0.15) is 6.04 Å². The molecule has 1 N–H and O–H groups in total. The Morgan fingerprint density at radius 3 is 2.26 bits per heavy atom. The molecule has 0 aliphatic carbocycles. The van der Waals surface area contributed by atoms with Crippen molar-refractivity contribution in [2.24, 2.45) is 0 Å². The number of aryl methyl sites for hydroxylation is 1. The van der Waals surface area contributed by atoms with E-state index in [0.717, 1.165) is 27.5 Å². The fourth-order valence-corrected chi connectivity index (χ4v) is 7.48. The van der Waals surface area contributed by atoms with E-state index >= 15 is 0 Å². The highest BCUT2D eigenvalue weighted by molar-refractivity contribution is 7.93. The maximum absolute atomic E-state index is 14.1. The van der Waals surface area contributed by atoms with Crippen LogP contribution in [-0.2, 0) is 32.6 Å². The van der Waals surface area contributed by atoms with Gasteiger partial charge in [-0.05, 0) is 62.8 Å². The lowest BCUT2D eigenvalue weighted by Crippen LogP contribution is -2.54. The normalized spacial score (nSPS) is 14.5. The second kappa shape index (κ2) is 12.2. The van der Waals surface area contributed by atoms with Crippen molar-refractivity contribution < 1.29 is 18.0 Å². The van der Waals surface area contributed by atoms with Crippen LogP contribution >= 0.6 is 0 Å². The van der Waals surface area contributed by atoms with Crippen molar-refractivity contribution in [3.63, 3.8) is 0 Å². The van der Waals surface area contributed by atoms with Crippen molar-refractivity contribution in [2.45, 2.75) is 70.0 Å². The van der Waals surface area contributed by atoms with Gasteiger partial charge in [-0.2, -0.15) is 0 Å². The van der Waals surface area contributed by atoms with Gasteiger partial charge in [0.25, 0.3) is 10.0 Å². The average molecular weight is 598 g/mol. The first kappa shape index (κ1) is 30.3. The molecule has 5 rings (SSSR count). The monoisotopic (exact) mass is 597 g/mol. The lowest BCUT2D eigenvalue weighted by molar-refractivity contribution is -0.142. The van der Waals surface area contributed by atoms with Crippen molar-refractivity contribution in [1.82, 2.24) is 10.2 Å². The standard InChI is InChI=1S/C35H39N3O4S/c1-25-12-8-15-27(22-25)24-37(30(34(40)36-35(2,3)4)23-26-13-6-5-7-14-26)32(39)20-11-21-38-29-18-9-16-28-17-10-19-31(33(28)29)43(38,41)42/h5-10,12-19,22,30H,11,20-21,23-24H2,1-4H3,(H,36,40)/t30-/m0/s1. The SMILES string of the molecule is Cc1cccc(CN(C(=O)CCCN2c3cccc4cccc(c34)S2(=O)=O)[C@@H](Cc2ccccc2)C(=O)NC(C)(C)C)c1. The highest BCUT2D eigenvalue weighted by Gasteiger charge is 2.36. The summed E-state index contributed by atoms with van der Waals surface area (Å²) in [4.78, 5) is 29.8. The number of carbonyl (C=O) groups is 2. The molecule has 0 fully saturated rings. The quantitative estimate of drug-likeness (QED) is 0.243. The van der Waals surface area contributed by atoms with Gasteiger partial charge in [-0.1, -0.05) is 84.4 Å². The molecule has 1 aliphatic heterocycles. The molecular weight excluding hydrogens is 558 g/mol. The van der Waals surface area contributed by atoms with Gasteiger partial charge in [0.2, 0.25) is 11.8 Å². The summed E-state index contributed by atoms with van der Waals surface area (Å²) >= 11 is 0. The van der Waals surface area contributed by atoms with Gasteiger partial charge in [0.15, 0.2) is 0 Å². The lowest BCUT2D eigenvalue weighted by Gasteiger charge is -2.34. The zero-order valence-corrected chi connectivity index (χ0v) is 26.0.